The number of halogens is 1. The highest BCUT2D eigenvalue weighted by molar-refractivity contribution is 7.98. The fourth-order valence-electron chi connectivity index (χ4n) is 5.10. The Morgan fingerprint density at radius 3 is 2.59 bits per heavy atom. The molecule has 39 heavy (non-hydrogen) atoms. The molecule has 0 radical (unpaired) electrons. The number of rotatable bonds is 12. The first-order valence-corrected chi connectivity index (χ1v) is 16.0. The van der Waals surface area contributed by atoms with Gasteiger partial charge in [-0.1, -0.05) is 68.6 Å². The largest absolute Gasteiger partial charge is 0.379 e. The SMILES string of the molecule is [C-]#[N+]c1c(NCCCN(CC)CC)nc(SCc2csc(-c3ccc(Cl)cc3)n2)c(C#N)c1C1CCCCC1. The topological polar surface area (TPSA) is 69.2 Å². The van der Waals surface area contributed by atoms with E-state index in [4.69, 9.17) is 28.1 Å². The summed E-state index contributed by atoms with van der Waals surface area (Å²) in [7, 11) is 0. The summed E-state index contributed by atoms with van der Waals surface area (Å²) in [6, 6.07) is 10.1. The molecule has 2 heterocycles. The van der Waals surface area contributed by atoms with Gasteiger partial charge in [0.2, 0.25) is 5.69 Å². The van der Waals surface area contributed by atoms with Gasteiger partial charge in [-0.05, 0) is 62.5 Å². The van der Waals surface area contributed by atoms with Crippen molar-refractivity contribution in [3.05, 3.63) is 62.9 Å². The molecule has 0 saturated heterocycles. The predicted octanol–water partition coefficient (Wildman–Crippen LogP) is 8.76. The minimum Gasteiger partial charge on any atom is -0.379 e. The Bertz CT molecular complexity index is 1310. The van der Waals surface area contributed by atoms with Crippen molar-refractivity contribution in [2.24, 2.45) is 0 Å². The summed E-state index contributed by atoms with van der Waals surface area (Å²) in [6.07, 6.45) is 6.49. The van der Waals surface area contributed by atoms with E-state index in [0.29, 0.717) is 32.9 Å². The van der Waals surface area contributed by atoms with Crippen LogP contribution in [0.2, 0.25) is 5.02 Å². The van der Waals surface area contributed by atoms with E-state index in [0.717, 1.165) is 80.1 Å². The molecule has 0 bridgehead atoms. The average molecular weight is 579 g/mol. The summed E-state index contributed by atoms with van der Waals surface area (Å²) >= 11 is 9.18. The van der Waals surface area contributed by atoms with Crippen LogP contribution in [-0.2, 0) is 5.75 Å². The van der Waals surface area contributed by atoms with Crippen molar-refractivity contribution in [1.29, 1.82) is 5.26 Å². The van der Waals surface area contributed by atoms with E-state index in [1.54, 1.807) is 11.3 Å². The van der Waals surface area contributed by atoms with Gasteiger partial charge in [-0.3, -0.25) is 0 Å². The van der Waals surface area contributed by atoms with Crippen LogP contribution >= 0.6 is 34.7 Å². The predicted molar refractivity (Wildman–Crippen MR) is 164 cm³/mol. The van der Waals surface area contributed by atoms with Crippen LogP contribution in [0.25, 0.3) is 15.4 Å². The van der Waals surface area contributed by atoms with Crippen LogP contribution in [0.1, 0.15) is 75.1 Å². The van der Waals surface area contributed by atoms with E-state index in [9.17, 15) is 5.26 Å². The van der Waals surface area contributed by atoms with Gasteiger partial charge in [-0.25, -0.2) is 14.8 Å². The second kappa shape index (κ2) is 14.7. The molecule has 0 unspecified atom stereocenters. The average Bonchev–Trinajstić information content (AvgIpc) is 3.45. The third-order valence-electron chi connectivity index (χ3n) is 7.25. The number of hydrogen-bond acceptors (Lipinski definition) is 7. The number of nitrogens with zero attached hydrogens (tertiary/aromatic N) is 5. The highest BCUT2D eigenvalue weighted by Crippen LogP contribution is 2.45. The Kier molecular flexibility index (Phi) is 11.1. The van der Waals surface area contributed by atoms with Crippen molar-refractivity contribution in [1.82, 2.24) is 14.9 Å². The van der Waals surface area contributed by atoms with Crippen LogP contribution in [0.4, 0.5) is 11.5 Å². The van der Waals surface area contributed by atoms with Crippen molar-refractivity contribution in [3.63, 3.8) is 0 Å². The van der Waals surface area contributed by atoms with E-state index in [1.165, 1.54) is 18.2 Å². The molecule has 0 spiro atoms. The number of benzene rings is 1. The van der Waals surface area contributed by atoms with Crippen LogP contribution in [-0.4, -0.2) is 41.0 Å². The smallest absolute Gasteiger partial charge is 0.232 e. The zero-order chi connectivity index (χ0) is 27.6. The summed E-state index contributed by atoms with van der Waals surface area (Å²) in [4.78, 5) is 16.0. The van der Waals surface area contributed by atoms with Gasteiger partial charge in [0, 0.05) is 28.3 Å². The fraction of sp³-hybridized carbons (Fsp3) is 0.467. The van der Waals surface area contributed by atoms with Gasteiger partial charge in [-0.2, -0.15) is 5.26 Å². The summed E-state index contributed by atoms with van der Waals surface area (Å²) in [5.41, 5.74) is 3.98. The molecule has 6 nitrogen and oxygen atoms in total. The lowest BCUT2D eigenvalue weighted by Gasteiger charge is -2.26. The molecule has 2 aromatic heterocycles. The molecule has 204 valence electrons. The van der Waals surface area contributed by atoms with Crippen LogP contribution in [0.3, 0.4) is 0 Å². The minimum absolute atomic E-state index is 0.229. The normalized spacial score (nSPS) is 13.8. The van der Waals surface area contributed by atoms with E-state index in [2.05, 4.69) is 40.4 Å². The molecule has 1 N–H and O–H groups in total. The second-order valence-corrected chi connectivity index (χ2v) is 12.0. The number of nitriles is 1. The maximum Gasteiger partial charge on any atom is 0.232 e. The van der Waals surface area contributed by atoms with Crippen molar-refractivity contribution < 1.29 is 0 Å². The molecule has 1 aliphatic carbocycles. The van der Waals surface area contributed by atoms with Crippen LogP contribution in [0, 0.1) is 17.9 Å². The molecule has 4 rings (SSSR count). The fourth-order valence-corrected chi connectivity index (χ4v) is 7.04. The molecule has 1 aliphatic rings. The van der Waals surface area contributed by atoms with Crippen LogP contribution in [0.15, 0.2) is 34.7 Å². The molecule has 3 aromatic rings. The van der Waals surface area contributed by atoms with Crippen LogP contribution < -0.4 is 5.32 Å². The first-order valence-electron chi connectivity index (χ1n) is 13.7. The standard InChI is InChI=1S/C30H35ClN6S2/c1-4-37(5-2)17-9-16-34-28-27(33-3)26(21-10-7-6-8-11-21)25(18-32)30(36-28)39-20-24-19-38-29(35-24)22-12-14-23(31)15-13-22/h12-15,19,21H,4-11,16-17,20H2,1-2H3,(H,34,36). The zero-order valence-electron chi connectivity index (χ0n) is 22.7. The van der Waals surface area contributed by atoms with E-state index >= 15 is 0 Å². The first-order chi connectivity index (χ1) is 19.1. The number of thiazole rings is 1. The van der Waals surface area contributed by atoms with Gasteiger partial charge in [0.15, 0.2) is 0 Å². The zero-order valence-corrected chi connectivity index (χ0v) is 25.1. The van der Waals surface area contributed by atoms with Gasteiger partial charge in [-0.15, -0.1) is 11.3 Å². The molecular formula is C30H35ClN6S2. The maximum atomic E-state index is 10.3. The lowest BCUT2D eigenvalue weighted by Crippen LogP contribution is -2.25. The van der Waals surface area contributed by atoms with Crippen molar-refractivity contribution in [3.8, 4) is 16.6 Å². The molecule has 1 aromatic carbocycles. The van der Waals surface area contributed by atoms with E-state index in [-0.39, 0.29) is 5.92 Å². The quantitative estimate of drug-likeness (QED) is 0.132. The van der Waals surface area contributed by atoms with E-state index < -0.39 is 0 Å². The summed E-state index contributed by atoms with van der Waals surface area (Å²) in [6.45, 7) is 16.2. The van der Waals surface area contributed by atoms with Gasteiger partial charge >= 0.3 is 0 Å². The lowest BCUT2D eigenvalue weighted by atomic mass is 9.82. The Hall–Kier alpha value is -2.62. The minimum atomic E-state index is 0.229. The summed E-state index contributed by atoms with van der Waals surface area (Å²) in [5.74, 6) is 1.45. The number of nitrogens with one attached hydrogen (secondary N) is 1. The molecule has 1 fully saturated rings. The first kappa shape index (κ1) is 29.4. The molecule has 0 aliphatic heterocycles. The Morgan fingerprint density at radius 2 is 1.92 bits per heavy atom. The number of thioether (sulfide) groups is 1. The monoisotopic (exact) mass is 578 g/mol. The van der Waals surface area contributed by atoms with Gasteiger partial charge < -0.3 is 10.2 Å². The van der Waals surface area contributed by atoms with Gasteiger partial charge in [0.1, 0.15) is 21.9 Å². The molecule has 0 amide bonds. The van der Waals surface area contributed by atoms with Crippen molar-refractivity contribution in [2.75, 3.05) is 31.5 Å². The van der Waals surface area contributed by atoms with Gasteiger partial charge in [0.25, 0.3) is 0 Å². The number of anilines is 1. The number of aromatic nitrogens is 2. The maximum absolute atomic E-state index is 10.3. The lowest BCUT2D eigenvalue weighted by molar-refractivity contribution is 0.303. The highest BCUT2D eigenvalue weighted by atomic mass is 35.5. The number of hydrogen-bond donors (Lipinski definition) is 1. The summed E-state index contributed by atoms with van der Waals surface area (Å²) < 4.78 is 0. The van der Waals surface area contributed by atoms with Crippen LogP contribution in [0.5, 0.6) is 0 Å². The number of pyridine rings is 1. The highest BCUT2D eigenvalue weighted by Gasteiger charge is 2.27. The Labute approximate surface area is 245 Å². The summed E-state index contributed by atoms with van der Waals surface area (Å²) in [5, 5.41) is 18.2. The van der Waals surface area contributed by atoms with Crippen molar-refractivity contribution in [2.45, 2.75) is 69.1 Å². The molecule has 0 atom stereocenters. The molecule has 9 heteroatoms. The Balaban J connectivity index is 1.59. The third kappa shape index (κ3) is 7.52. The molecule has 1 saturated carbocycles. The third-order valence-corrected chi connectivity index (χ3v) is 9.45. The van der Waals surface area contributed by atoms with Crippen molar-refractivity contribution >= 4 is 46.2 Å². The van der Waals surface area contributed by atoms with E-state index in [1.807, 2.05) is 24.3 Å². The Morgan fingerprint density at radius 1 is 1.18 bits per heavy atom. The second-order valence-electron chi connectivity index (χ2n) is 9.71. The molecular weight excluding hydrogens is 544 g/mol. The van der Waals surface area contributed by atoms with Gasteiger partial charge in [0.05, 0.1) is 17.8 Å².